The zero-order valence-corrected chi connectivity index (χ0v) is 5.96. The van der Waals surface area contributed by atoms with Crippen molar-refractivity contribution in [3.63, 3.8) is 0 Å². The summed E-state index contributed by atoms with van der Waals surface area (Å²) >= 11 is 0. The van der Waals surface area contributed by atoms with E-state index in [1.807, 2.05) is 0 Å². The van der Waals surface area contributed by atoms with Gasteiger partial charge in [-0.3, -0.25) is 0 Å². The summed E-state index contributed by atoms with van der Waals surface area (Å²) in [5.74, 6) is 0. The Hall–Kier alpha value is 1.05. The number of ether oxygens (including phenoxy) is 1. The molecule has 2 nitrogen and oxygen atoms in total. The van der Waals surface area contributed by atoms with Crippen molar-refractivity contribution in [1.82, 2.24) is 0 Å². The predicted molar refractivity (Wildman–Crippen MR) is 25.8 cm³/mol. The fraction of sp³-hybridized carbons (Fsp3) is 1.00. The maximum absolute atomic E-state index is 9.40. The Kier molecular flexibility index (Phi) is 35.3. The first-order valence-electron chi connectivity index (χ1n) is 1.49. The zero-order valence-electron chi connectivity index (χ0n) is 7.81. The van der Waals surface area contributed by atoms with Crippen molar-refractivity contribution in [3.05, 3.63) is 0 Å². The maximum atomic E-state index is 9.40. The van der Waals surface area contributed by atoms with E-state index in [2.05, 4.69) is 4.74 Å². The number of methoxy groups -OCH3 is 1. The molecular formula is C3H10AlLiO2. The first-order chi connectivity index (χ1) is 2.41. The van der Waals surface area contributed by atoms with Gasteiger partial charge in [-0.15, -0.1) is 6.61 Å². The van der Waals surface area contributed by atoms with Crippen molar-refractivity contribution in [2.75, 3.05) is 20.3 Å². The van der Waals surface area contributed by atoms with Gasteiger partial charge >= 0.3 is 36.2 Å². The van der Waals surface area contributed by atoms with Gasteiger partial charge in [0.2, 0.25) is 0 Å². The van der Waals surface area contributed by atoms with Crippen LogP contribution in [0.25, 0.3) is 0 Å². The molecule has 0 spiro atoms. The molecule has 0 aromatic heterocycles. The Morgan fingerprint density at radius 1 is 1.71 bits per heavy atom. The Morgan fingerprint density at radius 3 is 2.14 bits per heavy atom. The van der Waals surface area contributed by atoms with Crippen LogP contribution in [0.5, 0.6) is 0 Å². The molecule has 7 heavy (non-hydrogen) atoms. The van der Waals surface area contributed by atoms with Gasteiger partial charge in [-0.25, -0.2) is 0 Å². The molecule has 0 N–H and O–H groups in total. The van der Waals surface area contributed by atoms with Gasteiger partial charge in [0.25, 0.3) is 0 Å². The Morgan fingerprint density at radius 2 is 2.14 bits per heavy atom. The van der Waals surface area contributed by atoms with Crippen LogP contribution in [0.2, 0.25) is 0 Å². The van der Waals surface area contributed by atoms with Crippen molar-refractivity contribution >= 4 is 17.4 Å². The van der Waals surface area contributed by atoms with Gasteiger partial charge in [0.1, 0.15) is 0 Å². The average Bonchev–Trinajstić information content (AvgIpc) is 1.41. The van der Waals surface area contributed by atoms with Crippen LogP contribution in [-0.4, -0.2) is 37.7 Å². The number of rotatable bonds is 2. The molecule has 0 aromatic rings. The van der Waals surface area contributed by atoms with Gasteiger partial charge in [0.05, 0.1) is 0 Å². The summed E-state index contributed by atoms with van der Waals surface area (Å²) in [6, 6.07) is 0. The molecule has 0 aromatic carbocycles. The van der Waals surface area contributed by atoms with Crippen molar-refractivity contribution in [1.29, 1.82) is 0 Å². The molecule has 0 aliphatic heterocycles. The summed E-state index contributed by atoms with van der Waals surface area (Å²) in [4.78, 5) is 0. The van der Waals surface area contributed by atoms with Crippen LogP contribution in [0.4, 0.5) is 0 Å². The molecule has 0 atom stereocenters. The smallest absolute Gasteiger partial charge is 1.00 e. The minimum atomic E-state index is -0.128. The van der Waals surface area contributed by atoms with E-state index in [4.69, 9.17) is 0 Å². The molecule has 0 rings (SSSR count). The van der Waals surface area contributed by atoms with Crippen LogP contribution in [0.15, 0.2) is 0 Å². The van der Waals surface area contributed by atoms with E-state index in [-0.39, 0.29) is 47.1 Å². The molecule has 0 aliphatic rings. The quantitative estimate of drug-likeness (QED) is 0.340. The van der Waals surface area contributed by atoms with Crippen molar-refractivity contribution < 1.29 is 33.0 Å². The van der Waals surface area contributed by atoms with Gasteiger partial charge in [-0.2, -0.15) is 0 Å². The van der Waals surface area contributed by atoms with Gasteiger partial charge in [-0.05, 0) is 0 Å². The van der Waals surface area contributed by atoms with E-state index in [1.54, 1.807) is 0 Å². The third kappa shape index (κ3) is 19.3. The van der Waals surface area contributed by atoms with E-state index >= 15 is 0 Å². The molecule has 0 saturated carbocycles. The molecule has 0 unspecified atom stereocenters. The summed E-state index contributed by atoms with van der Waals surface area (Å²) in [6.07, 6.45) is 0. The van der Waals surface area contributed by atoms with Gasteiger partial charge in [0, 0.05) is 13.7 Å². The van der Waals surface area contributed by atoms with Gasteiger partial charge in [0.15, 0.2) is 0 Å². The largest absolute Gasteiger partial charge is 3.00 e. The molecule has 0 aliphatic carbocycles. The summed E-state index contributed by atoms with van der Waals surface area (Å²) in [7, 11) is 1.51. The van der Waals surface area contributed by atoms with Crippen molar-refractivity contribution in [3.8, 4) is 0 Å². The topological polar surface area (TPSA) is 32.3 Å². The molecule has 0 bridgehead atoms. The summed E-state index contributed by atoms with van der Waals surface area (Å²) in [5.41, 5.74) is 0. The van der Waals surface area contributed by atoms with E-state index in [0.717, 1.165) is 0 Å². The Labute approximate surface area is 71.0 Å². The zero-order chi connectivity index (χ0) is 4.12. The normalized spacial score (nSPS) is 6.00. The van der Waals surface area contributed by atoms with Crippen molar-refractivity contribution in [2.24, 2.45) is 0 Å². The standard InChI is InChI=1S/C3H7O2.Al.Li.3H/c1-5-3-2-4;;;;;/h2-3H2,1H3;;;;;/q-1;+3;+1;3*-1. The van der Waals surface area contributed by atoms with Crippen LogP contribution >= 0.6 is 0 Å². The minimum absolute atomic E-state index is 0. The first kappa shape index (κ1) is 15.7. The fourth-order valence-corrected chi connectivity index (χ4v) is 0.0833. The molecule has 0 amide bonds. The number of hydrogen-bond donors (Lipinski definition) is 0. The average molecular weight is 112 g/mol. The van der Waals surface area contributed by atoms with Gasteiger partial charge < -0.3 is 14.1 Å². The fourth-order valence-electron chi connectivity index (χ4n) is 0.0833. The molecular weight excluding hydrogens is 102 g/mol. The van der Waals surface area contributed by atoms with Crippen LogP contribution in [0, 0.1) is 0 Å². The van der Waals surface area contributed by atoms with Crippen LogP contribution in [0.1, 0.15) is 4.28 Å². The third-order valence-corrected chi connectivity index (χ3v) is 0.287. The second kappa shape index (κ2) is 15.7. The SMILES string of the molecule is COCC[O-].[Al+3].[H-].[H-].[H-].[Li+]. The monoisotopic (exact) mass is 112 g/mol. The summed E-state index contributed by atoms with van der Waals surface area (Å²) in [6.45, 7) is 0.205. The van der Waals surface area contributed by atoms with Crippen LogP contribution in [0.3, 0.4) is 0 Å². The Balaban J connectivity index is -0.00000000800. The molecule has 0 saturated heterocycles. The first-order valence-corrected chi connectivity index (χ1v) is 1.49. The molecule has 0 heterocycles. The Bertz CT molecular complexity index is 29.2. The molecule has 38 valence electrons. The second-order valence-electron chi connectivity index (χ2n) is 0.697. The second-order valence-corrected chi connectivity index (χ2v) is 0.697. The molecule has 4 heteroatoms. The third-order valence-electron chi connectivity index (χ3n) is 0.287. The van der Waals surface area contributed by atoms with E-state index in [9.17, 15) is 5.11 Å². The van der Waals surface area contributed by atoms with Crippen molar-refractivity contribution in [2.45, 2.75) is 0 Å². The predicted octanol–water partition coefficient (Wildman–Crippen LogP) is -4.05. The molecule has 0 radical (unpaired) electrons. The summed E-state index contributed by atoms with van der Waals surface area (Å²) < 4.78 is 4.38. The summed E-state index contributed by atoms with van der Waals surface area (Å²) in [5, 5.41) is 9.40. The maximum Gasteiger partial charge on any atom is 3.00 e. The minimum Gasteiger partial charge on any atom is -1.00 e. The molecule has 0 fully saturated rings. The van der Waals surface area contributed by atoms with E-state index in [1.165, 1.54) is 7.11 Å². The number of hydrogen-bond acceptors (Lipinski definition) is 2. The van der Waals surface area contributed by atoms with E-state index < -0.39 is 0 Å². The van der Waals surface area contributed by atoms with E-state index in [0.29, 0.717) is 6.61 Å². The van der Waals surface area contributed by atoms with Crippen LogP contribution < -0.4 is 24.0 Å². The van der Waals surface area contributed by atoms with Crippen LogP contribution in [-0.2, 0) is 4.74 Å². The van der Waals surface area contributed by atoms with Gasteiger partial charge in [-0.1, -0.05) is 0 Å².